The topological polar surface area (TPSA) is 25.8 Å². The van der Waals surface area contributed by atoms with Crippen molar-refractivity contribution in [3.63, 3.8) is 0 Å². The fourth-order valence-corrected chi connectivity index (χ4v) is 15.6. The molecule has 0 saturated carbocycles. The van der Waals surface area contributed by atoms with Gasteiger partial charge in [0.1, 0.15) is 11.0 Å². The highest BCUT2D eigenvalue weighted by Crippen LogP contribution is 2.62. The van der Waals surface area contributed by atoms with Gasteiger partial charge in [0.25, 0.3) is 0 Å². The summed E-state index contributed by atoms with van der Waals surface area (Å²) >= 11 is 9.35. The average molecular weight is 825 g/mol. The molecule has 2 aliphatic rings. The van der Waals surface area contributed by atoms with Gasteiger partial charge in [-0.3, -0.25) is 0 Å². The molecule has 0 fully saturated rings. The van der Waals surface area contributed by atoms with E-state index >= 15 is 0 Å². The van der Waals surface area contributed by atoms with Crippen LogP contribution in [-0.2, 0) is 10.8 Å². The second-order valence-corrected chi connectivity index (χ2v) is 21.0. The van der Waals surface area contributed by atoms with E-state index in [9.17, 15) is 0 Å². The molecule has 0 atom stereocenters. The predicted octanol–water partition coefficient (Wildman–Crippen LogP) is 17.7. The second-order valence-electron chi connectivity index (χ2n) is 16.6. The van der Waals surface area contributed by atoms with Gasteiger partial charge in [-0.1, -0.05) is 143 Å². The number of rotatable bonds is 22. The highest BCUT2D eigenvalue weighted by Gasteiger charge is 2.46. The van der Waals surface area contributed by atoms with Crippen LogP contribution in [-0.4, -0.2) is 8.75 Å². The van der Waals surface area contributed by atoms with Crippen LogP contribution in [0.4, 0.5) is 0 Å². The van der Waals surface area contributed by atoms with Crippen molar-refractivity contribution >= 4 is 68.1 Å². The van der Waals surface area contributed by atoms with Crippen molar-refractivity contribution in [2.24, 2.45) is 0 Å². The van der Waals surface area contributed by atoms with E-state index in [4.69, 9.17) is 8.75 Å². The molecule has 0 radical (unpaired) electrons. The summed E-state index contributed by atoms with van der Waals surface area (Å²) in [4.78, 5) is 8.87. The third-order valence-electron chi connectivity index (χ3n) is 13.0. The van der Waals surface area contributed by atoms with Crippen molar-refractivity contribution in [2.45, 2.75) is 167 Å². The maximum absolute atomic E-state index is 5.06. The van der Waals surface area contributed by atoms with Crippen LogP contribution in [0.2, 0.25) is 0 Å². The van der Waals surface area contributed by atoms with Gasteiger partial charge in [-0.2, -0.15) is 8.75 Å². The Morgan fingerprint density at radius 2 is 0.818 bits per heavy atom. The van der Waals surface area contributed by atoms with Crippen molar-refractivity contribution < 1.29 is 0 Å². The fourth-order valence-electron chi connectivity index (χ4n) is 10.1. The molecule has 1 aromatic carbocycles. The summed E-state index contributed by atoms with van der Waals surface area (Å²) in [7, 11) is 0. The van der Waals surface area contributed by atoms with Crippen LogP contribution >= 0.6 is 57.1 Å². The molecule has 0 spiro atoms. The Kier molecular flexibility index (Phi) is 12.8. The van der Waals surface area contributed by atoms with Gasteiger partial charge in [0.05, 0.1) is 11.7 Å². The quantitative estimate of drug-likeness (QED) is 0.0637. The molecule has 6 aromatic rings. The van der Waals surface area contributed by atoms with E-state index in [0.717, 1.165) is 11.0 Å². The second kappa shape index (κ2) is 17.8. The first-order valence-electron chi connectivity index (χ1n) is 21.8. The van der Waals surface area contributed by atoms with Crippen molar-refractivity contribution in [2.75, 3.05) is 0 Å². The predicted molar refractivity (Wildman–Crippen MR) is 247 cm³/mol. The van der Waals surface area contributed by atoms with Gasteiger partial charge in [-0.25, -0.2) is 0 Å². The zero-order valence-corrected chi connectivity index (χ0v) is 37.8. The number of thiophene rings is 4. The third kappa shape index (κ3) is 7.30. The lowest BCUT2D eigenvalue weighted by atomic mass is 9.71. The van der Waals surface area contributed by atoms with E-state index in [0.29, 0.717) is 0 Å². The number of nitrogens with zero attached hydrogens (tertiary/aromatic N) is 2. The molecular weight excluding hydrogens is 765 g/mol. The molecule has 7 heteroatoms. The summed E-state index contributed by atoms with van der Waals surface area (Å²) in [6, 6.07) is 14.9. The number of aromatic nitrogens is 2. The van der Waals surface area contributed by atoms with Crippen LogP contribution in [0.5, 0.6) is 0 Å². The Hall–Kier alpha value is -2.16. The van der Waals surface area contributed by atoms with Gasteiger partial charge >= 0.3 is 0 Å². The van der Waals surface area contributed by atoms with E-state index in [-0.39, 0.29) is 10.8 Å². The minimum absolute atomic E-state index is 0.151. The molecule has 0 saturated heterocycles. The average Bonchev–Trinajstić information content (AvgIpc) is 4.05. The van der Waals surface area contributed by atoms with Crippen LogP contribution in [0, 0.1) is 0 Å². The number of unbranched alkanes of at least 4 members (excludes halogenated alkanes) is 12. The van der Waals surface area contributed by atoms with E-state index < -0.39 is 0 Å². The summed E-state index contributed by atoms with van der Waals surface area (Å²) in [5.74, 6) is 0. The van der Waals surface area contributed by atoms with Gasteiger partial charge in [0.2, 0.25) is 0 Å². The molecule has 2 aliphatic carbocycles. The van der Waals surface area contributed by atoms with Crippen LogP contribution in [0.3, 0.4) is 0 Å². The van der Waals surface area contributed by atoms with Crippen LogP contribution in [0.1, 0.15) is 178 Å². The van der Waals surface area contributed by atoms with Crippen LogP contribution in [0.15, 0.2) is 47.2 Å². The van der Waals surface area contributed by atoms with Crippen molar-refractivity contribution in [3.8, 4) is 40.4 Å². The first-order valence-corrected chi connectivity index (χ1v) is 25.9. The summed E-state index contributed by atoms with van der Waals surface area (Å²) in [6.07, 6.45) is 26.2. The monoisotopic (exact) mass is 824 g/mol. The molecule has 0 bridgehead atoms. The summed E-state index contributed by atoms with van der Waals surface area (Å²) in [5, 5.41) is 4.72. The lowest BCUT2D eigenvalue weighted by molar-refractivity contribution is 0.402. The van der Waals surface area contributed by atoms with Gasteiger partial charge in [-0.15, -0.1) is 45.3 Å². The highest BCUT2D eigenvalue weighted by molar-refractivity contribution is 7.24. The summed E-state index contributed by atoms with van der Waals surface area (Å²) in [5.41, 5.74) is 11.5. The van der Waals surface area contributed by atoms with Gasteiger partial charge < -0.3 is 0 Å². The lowest BCUT2D eigenvalue weighted by Gasteiger charge is -2.31. The van der Waals surface area contributed by atoms with E-state index in [1.807, 2.05) is 45.3 Å². The van der Waals surface area contributed by atoms with Crippen molar-refractivity contribution in [1.82, 2.24) is 8.75 Å². The zero-order chi connectivity index (χ0) is 37.8. The summed E-state index contributed by atoms with van der Waals surface area (Å²) < 4.78 is 10.1. The Morgan fingerprint density at radius 3 is 1.18 bits per heavy atom. The molecule has 55 heavy (non-hydrogen) atoms. The normalized spacial score (nSPS) is 14.8. The maximum Gasteiger partial charge on any atom is 0.114 e. The van der Waals surface area contributed by atoms with Crippen LogP contribution in [0.25, 0.3) is 51.4 Å². The maximum atomic E-state index is 5.06. The largest absolute Gasteiger partial charge is 0.172 e. The Balaban J connectivity index is 1.16. The molecule has 5 heterocycles. The smallest absolute Gasteiger partial charge is 0.114 e. The van der Waals surface area contributed by atoms with E-state index in [1.165, 1.54) is 181 Å². The van der Waals surface area contributed by atoms with E-state index in [2.05, 4.69) is 74.9 Å². The van der Waals surface area contributed by atoms with E-state index in [1.54, 1.807) is 22.3 Å². The number of hydrogen-bond donors (Lipinski definition) is 0. The van der Waals surface area contributed by atoms with Crippen molar-refractivity contribution in [1.29, 1.82) is 0 Å². The SMILES string of the molecule is CCCCCCC1(CCCCCC)c2ccsc2-c2sc(-c3ccc(-c4cc5c(s4)-c4sccc4C5(CCCCCC)CCCCCC)c4nsnc34)cc21. The molecule has 0 unspecified atom stereocenters. The number of hydrogen-bond acceptors (Lipinski definition) is 7. The number of benzene rings is 1. The third-order valence-corrected chi connectivity index (χ3v) is 18.1. The highest BCUT2D eigenvalue weighted by atomic mass is 32.1. The molecule has 0 aliphatic heterocycles. The molecule has 8 rings (SSSR count). The minimum Gasteiger partial charge on any atom is -0.172 e. The zero-order valence-electron chi connectivity index (χ0n) is 33.7. The van der Waals surface area contributed by atoms with Gasteiger partial charge in [0, 0.05) is 51.2 Å². The molecule has 0 amide bonds. The Labute approximate surface area is 351 Å². The molecular formula is C48H60N2S5. The molecule has 0 N–H and O–H groups in total. The first kappa shape index (κ1) is 39.7. The minimum atomic E-state index is 0.151. The fraction of sp³-hybridized carbons (Fsp3) is 0.542. The standard InChI is InChI=1S/C48H60N2S5/c1-5-9-13-17-25-47(26-18-14-10-6-2)35-23-29-51-43(35)45-37(47)31-39(53-45)33-21-22-34(42-41(33)49-55-50-42)40-32-38-46(54-40)44-36(24-30-52-44)48(38,27-19-15-11-7-3)28-20-16-12-8-4/h21-24,29-32H,5-20,25-28H2,1-4H3. The van der Waals surface area contributed by atoms with Crippen molar-refractivity contribution in [3.05, 3.63) is 69.4 Å². The lowest BCUT2D eigenvalue weighted by Crippen LogP contribution is -2.24. The molecule has 5 aromatic heterocycles. The number of fused-ring (bicyclic) bond motifs is 7. The molecule has 292 valence electrons. The molecule has 2 nitrogen and oxygen atoms in total. The van der Waals surface area contributed by atoms with Gasteiger partial charge in [0.15, 0.2) is 0 Å². The van der Waals surface area contributed by atoms with Gasteiger partial charge in [-0.05, 0) is 83.0 Å². The summed E-state index contributed by atoms with van der Waals surface area (Å²) in [6.45, 7) is 9.33. The first-order chi connectivity index (χ1) is 27.1. The Bertz CT molecular complexity index is 2000. The van der Waals surface area contributed by atoms with Crippen LogP contribution < -0.4 is 0 Å². The Morgan fingerprint density at radius 1 is 0.436 bits per heavy atom.